The third-order valence-electron chi connectivity index (χ3n) is 4.72. The predicted molar refractivity (Wildman–Crippen MR) is 118 cm³/mol. The molecule has 0 radical (unpaired) electrons. The molecule has 3 aromatic carbocycles. The zero-order chi connectivity index (χ0) is 21.3. The number of hydrogen-bond acceptors (Lipinski definition) is 4. The number of halogens is 1. The minimum Gasteiger partial charge on any atom is -0.350 e. The number of rotatable bonds is 5. The normalized spacial score (nSPS) is 13.9. The van der Waals surface area contributed by atoms with E-state index in [1.165, 1.54) is 40.9 Å². The summed E-state index contributed by atoms with van der Waals surface area (Å²) >= 11 is 1.23. The molecule has 0 saturated heterocycles. The smallest absolute Gasteiger partial charge is 0.283 e. The largest absolute Gasteiger partial charge is 0.350 e. The number of amides is 2. The van der Waals surface area contributed by atoms with E-state index in [1.807, 2.05) is 62.4 Å². The summed E-state index contributed by atoms with van der Waals surface area (Å²) in [4.78, 5) is 29.1. The van der Waals surface area contributed by atoms with E-state index in [-0.39, 0.29) is 17.4 Å². The van der Waals surface area contributed by atoms with Gasteiger partial charge in [0.05, 0.1) is 5.69 Å². The number of nitrogens with one attached hydrogen (secondary N) is 1. The van der Waals surface area contributed by atoms with Gasteiger partial charge in [-0.3, -0.25) is 9.59 Å². The second-order valence-electron chi connectivity index (χ2n) is 6.99. The predicted octanol–water partition coefficient (Wildman–Crippen LogP) is 5.43. The van der Waals surface area contributed by atoms with Crippen molar-refractivity contribution >= 4 is 35.0 Å². The Kier molecular flexibility index (Phi) is 5.42. The second-order valence-corrected chi connectivity index (χ2v) is 8.07. The monoisotopic (exact) mass is 418 g/mol. The van der Waals surface area contributed by atoms with Crippen LogP contribution >= 0.6 is 11.8 Å². The molecule has 0 unspecified atom stereocenters. The molecule has 3 aromatic rings. The molecule has 6 heteroatoms. The van der Waals surface area contributed by atoms with Gasteiger partial charge >= 0.3 is 0 Å². The van der Waals surface area contributed by atoms with Gasteiger partial charge in [-0.25, -0.2) is 9.29 Å². The molecule has 4 nitrogen and oxygen atoms in total. The van der Waals surface area contributed by atoms with Gasteiger partial charge < -0.3 is 5.32 Å². The number of nitrogens with zero attached hydrogens (tertiary/aromatic N) is 1. The molecular formula is C24H19FN2O2S. The Labute approximate surface area is 178 Å². The van der Waals surface area contributed by atoms with Crippen LogP contribution in [0, 0.1) is 19.7 Å². The van der Waals surface area contributed by atoms with Gasteiger partial charge in [0.25, 0.3) is 11.8 Å². The van der Waals surface area contributed by atoms with Gasteiger partial charge in [0.2, 0.25) is 0 Å². The lowest BCUT2D eigenvalue weighted by molar-refractivity contribution is -0.120. The summed E-state index contributed by atoms with van der Waals surface area (Å²) in [7, 11) is 0. The van der Waals surface area contributed by atoms with Gasteiger partial charge in [-0.1, -0.05) is 42.1 Å². The van der Waals surface area contributed by atoms with E-state index in [0.29, 0.717) is 16.3 Å². The number of thioether (sulfide) groups is 1. The molecule has 0 bridgehead atoms. The van der Waals surface area contributed by atoms with Gasteiger partial charge in [-0.15, -0.1) is 0 Å². The fourth-order valence-corrected chi connectivity index (χ4v) is 4.13. The van der Waals surface area contributed by atoms with Crippen molar-refractivity contribution in [3.05, 3.63) is 100 Å². The van der Waals surface area contributed by atoms with Crippen molar-refractivity contribution in [1.82, 2.24) is 0 Å². The number of benzene rings is 3. The van der Waals surface area contributed by atoms with E-state index in [1.54, 1.807) is 0 Å². The van der Waals surface area contributed by atoms with E-state index in [0.717, 1.165) is 16.0 Å². The van der Waals surface area contributed by atoms with Crippen molar-refractivity contribution in [3.8, 4) is 0 Å². The summed E-state index contributed by atoms with van der Waals surface area (Å²) < 4.78 is 13.3. The lowest BCUT2D eigenvalue weighted by atomic mass is 10.1. The Hall–Kier alpha value is -3.38. The SMILES string of the molecule is Cc1ccc(C)c(N2C(=O)C(Nc3ccc(F)cc3)=C(Sc3ccccc3)C2=O)c1. The van der Waals surface area contributed by atoms with Gasteiger partial charge in [0, 0.05) is 10.6 Å². The number of aryl methyl sites for hydroxylation is 2. The lowest BCUT2D eigenvalue weighted by Crippen LogP contribution is -2.33. The molecule has 0 atom stereocenters. The Bertz CT molecular complexity index is 1160. The number of carbonyl (C=O) groups is 2. The first-order valence-electron chi connectivity index (χ1n) is 9.40. The van der Waals surface area contributed by atoms with Crippen LogP contribution in [-0.4, -0.2) is 11.8 Å². The van der Waals surface area contributed by atoms with Crippen molar-refractivity contribution < 1.29 is 14.0 Å². The van der Waals surface area contributed by atoms with E-state index >= 15 is 0 Å². The summed E-state index contributed by atoms with van der Waals surface area (Å²) in [6, 6.07) is 20.7. The van der Waals surface area contributed by atoms with Crippen LogP contribution in [0.3, 0.4) is 0 Å². The summed E-state index contributed by atoms with van der Waals surface area (Å²) in [6.45, 7) is 3.78. The molecule has 4 rings (SSSR count). The Morgan fingerprint density at radius 3 is 2.27 bits per heavy atom. The minimum absolute atomic E-state index is 0.182. The van der Waals surface area contributed by atoms with E-state index in [4.69, 9.17) is 0 Å². The van der Waals surface area contributed by atoms with Crippen molar-refractivity contribution in [2.24, 2.45) is 0 Å². The maximum absolute atomic E-state index is 13.4. The van der Waals surface area contributed by atoms with E-state index in [9.17, 15) is 14.0 Å². The highest BCUT2D eigenvalue weighted by molar-refractivity contribution is 8.04. The van der Waals surface area contributed by atoms with Crippen LogP contribution in [0.4, 0.5) is 15.8 Å². The standard InChI is InChI=1S/C24H19FN2O2S/c1-15-8-9-16(2)20(14-15)27-23(28)21(26-18-12-10-17(25)11-13-18)22(24(27)29)30-19-6-4-3-5-7-19/h3-14,26H,1-2H3. The number of hydrogen-bond donors (Lipinski definition) is 1. The third-order valence-corrected chi connectivity index (χ3v) is 5.81. The van der Waals surface area contributed by atoms with Crippen molar-refractivity contribution in [2.45, 2.75) is 18.7 Å². The summed E-state index contributed by atoms with van der Waals surface area (Å²) in [6.07, 6.45) is 0. The van der Waals surface area contributed by atoms with Gasteiger partial charge in [0.1, 0.15) is 16.4 Å². The van der Waals surface area contributed by atoms with Crippen LogP contribution in [0.25, 0.3) is 0 Å². The van der Waals surface area contributed by atoms with Gasteiger partial charge in [0.15, 0.2) is 0 Å². The van der Waals surface area contributed by atoms with Crippen LogP contribution in [0.2, 0.25) is 0 Å². The molecular weight excluding hydrogens is 399 g/mol. The van der Waals surface area contributed by atoms with E-state index < -0.39 is 5.91 Å². The first-order chi connectivity index (χ1) is 14.4. The van der Waals surface area contributed by atoms with Crippen LogP contribution in [0.15, 0.2) is 88.3 Å². The van der Waals surface area contributed by atoms with E-state index in [2.05, 4.69) is 5.32 Å². The third kappa shape index (κ3) is 3.86. The summed E-state index contributed by atoms with van der Waals surface area (Å²) in [5.41, 5.74) is 3.05. The highest BCUT2D eigenvalue weighted by Crippen LogP contribution is 2.38. The van der Waals surface area contributed by atoms with Crippen LogP contribution < -0.4 is 10.2 Å². The van der Waals surface area contributed by atoms with Crippen molar-refractivity contribution in [1.29, 1.82) is 0 Å². The first kappa shape index (κ1) is 19.9. The fraction of sp³-hybridized carbons (Fsp3) is 0.0833. The molecule has 2 amide bonds. The average Bonchev–Trinajstić information content (AvgIpc) is 2.96. The van der Waals surface area contributed by atoms with Crippen LogP contribution in [-0.2, 0) is 9.59 Å². The minimum atomic E-state index is -0.434. The quantitative estimate of drug-likeness (QED) is 0.561. The topological polar surface area (TPSA) is 49.4 Å². The molecule has 1 aliphatic rings. The van der Waals surface area contributed by atoms with Crippen LogP contribution in [0.5, 0.6) is 0 Å². The number of carbonyl (C=O) groups excluding carboxylic acids is 2. The Morgan fingerprint density at radius 1 is 0.867 bits per heavy atom. The second kappa shape index (κ2) is 8.16. The molecule has 0 saturated carbocycles. The van der Waals surface area contributed by atoms with Gasteiger partial charge in [-0.2, -0.15) is 0 Å². The highest BCUT2D eigenvalue weighted by Gasteiger charge is 2.40. The summed E-state index contributed by atoms with van der Waals surface area (Å²) in [5, 5.41) is 3.03. The molecule has 1 heterocycles. The Balaban J connectivity index is 1.77. The number of anilines is 2. The molecule has 0 aliphatic carbocycles. The highest BCUT2D eigenvalue weighted by atomic mass is 32.2. The fourth-order valence-electron chi connectivity index (χ4n) is 3.18. The first-order valence-corrected chi connectivity index (χ1v) is 10.2. The Morgan fingerprint density at radius 2 is 1.57 bits per heavy atom. The zero-order valence-electron chi connectivity index (χ0n) is 16.5. The number of imide groups is 1. The van der Waals surface area contributed by atoms with Crippen molar-refractivity contribution in [3.63, 3.8) is 0 Å². The van der Waals surface area contributed by atoms with Crippen molar-refractivity contribution in [2.75, 3.05) is 10.2 Å². The molecule has 30 heavy (non-hydrogen) atoms. The lowest BCUT2D eigenvalue weighted by Gasteiger charge is -2.18. The maximum Gasteiger partial charge on any atom is 0.283 e. The zero-order valence-corrected chi connectivity index (χ0v) is 17.3. The summed E-state index contributed by atoms with van der Waals surface area (Å²) in [5.74, 6) is -1.19. The average molecular weight is 418 g/mol. The maximum atomic E-state index is 13.4. The molecule has 1 N–H and O–H groups in total. The molecule has 150 valence electrons. The van der Waals surface area contributed by atoms with Crippen LogP contribution in [0.1, 0.15) is 11.1 Å². The molecule has 0 aromatic heterocycles. The molecule has 1 aliphatic heterocycles. The van der Waals surface area contributed by atoms with Gasteiger partial charge in [-0.05, 0) is 67.4 Å². The molecule has 0 fully saturated rings. The molecule has 0 spiro atoms.